The first-order valence-corrected chi connectivity index (χ1v) is 7.74. The molecule has 0 radical (unpaired) electrons. The van der Waals surface area contributed by atoms with Gasteiger partial charge in [-0.25, -0.2) is 4.99 Å². The van der Waals surface area contributed by atoms with Gasteiger partial charge in [0.15, 0.2) is 0 Å². The maximum atomic E-state index is 6.28. The molecule has 4 rings (SSSR count). The normalized spacial score (nSPS) is 12.0. The highest BCUT2D eigenvalue weighted by molar-refractivity contribution is 6.00. The molecule has 1 heterocycles. The molecule has 0 aliphatic rings. The molecule has 4 aromatic rings. The summed E-state index contributed by atoms with van der Waals surface area (Å²) >= 11 is 0. The second-order valence-electron chi connectivity index (χ2n) is 5.55. The maximum Gasteiger partial charge on any atom is 0.205 e. The summed E-state index contributed by atoms with van der Waals surface area (Å²) in [6, 6.07) is 22.0. The summed E-state index contributed by atoms with van der Waals surface area (Å²) in [6.45, 7) is 0. The molecule has 1 aromatic heterocycles. The third-order valence-corrected chi connectivity index (χ3v) is 4.16. The number of nitrogens with zero attached hydrogens (tertiary/aromatic N) is 2. The van der Waals surface area contributed by atoms with Crippen LogP contribution in [0, 0.1) is 0 Å². The second kappa shape index (κ2) is 5.74. The Hall–Kier alpha value is -3.27. The van der Waals surface area contributed by atoms with Gasteiger partial charge in [-0.05, 0) is 24.3 Å². The van der Waals surface area contributed by atoms with Crippen molar-refractivity contribution < 1.29 is 4.74 Å². The molecule has 0 saturated carbocycles. The van der Waals surface area contributed by atoms with E-state index in [1.807, 2.05) is 71.4 Å². The molecular formula is C20H17N3O. The van der Waals surface area contributed by atoms with E-state index in [9.17, 15) is 0 Å². The predicted molar refractivity (Wildman–Crippen MR) is 99.1 cm³/mol. The molecule has 0 saturated heterocycles. The molecule has 0 aliphatic carbocycles. The van der Waals surface area contributed by atoms with E-state index in [0.29, 0.717) is 5.96 Å². The van der Waals surface area contributed by atoms with Crippen LogP contribution in [0.15, 0.2) is 77.9 Å². The molecule has 118 valence electrons. The lowest BCUT2D eigenvalue weighted by Crippen LogP contribution is -2.20. The van der Waals surface area contributed by atoms with E-state index in [2.05, 4.69) is 11.1 Å². The number of benzene rings is 3. The summed E-state index contributed by atoms with van der Waals surface area (Å²) in [4.78, 5) is 4.66. The van der Waals surface area contributed by atoms with E-state index in [4.69, 9.17) is 10.5 Å². The third kappa shape index (κ3) is 2.29. The average molecular weight is 315 g/mol. The molecular weight excluding hydrogens is 298 g/mol. The largest absolute Gasteiger partial charge is 0.496 e. The van der Waals surface area contributed by atoms with Gasteiger partial charge >= 0.3 is 0 Å². The summed E-state index contributed by atoms with van der Waals surface area (Å²) in [6.07, 6.45) is 1.94. The van der Waals surface area contributed by atoms with Gasteiger partial charge in [0.05, 0.1) is 18.3 Å². The quantitative estimate of drug-likeness (QED) is 0.443. The number of fused-ring (bicyclic) bond motifs is 2. The van der Waals surface area contributed by atoms with Gasteiger partial charge in [-0.1, -0.05) is 42.5 Å². The highest BCUT2D eigenvalue weighted by atomic mass is 16.5. The fourth-order valence-corrected chi connectivity index (χ4v) is 3.00. The van der Waals surface area contributed by atoms with Gasteiger partial charge < -0.3 is 10.5 Å². The Kier molecular flexibility index (Phi) is 3.43. The number of para-hydroxylation sites is 1. The number of hydrogen-bond donors (Lipinski definition) is 1. The van der Waals surface area contributed by atoms with Crippen molar-refractivity contribution in [1.29, 1.82) is 0 Å². The summed E-state index contributed by atoms with van der Waals surface area (Å²) in [5.74, 6) is 1.26. The highest BCUT2D eigenvalue weighted by Gasteiger charge is 2.07. The summed E-state index contributed by atoms with van der Waals surface area (Å²) in [5.41, 5.74) is 8.14. The van der Waals surface area contributed by atoms with Crippen LogP contribution >= 0.6 is 0 Å². The number of aromatic nitrogens is 1. The molecule has 0 bridgehead atoms. The van der Waals surface area contributed by atoms with Crippen LogP contribution in [0.1, 0.15) is 0 Å². The molecule has 0 atom stereocenters. The Morgan fingerprint density at radius 3 is 2.58 bits per heavy atom. The second-order valence-corrected chi connectivity index (χ2v) is 5.55. The number of methoxy groups -OCH3 is 1. The Morgan fingerprint density at radius 1 is 0.917 bits per heavy atom. The molecule has 4 heteroatoms. The van der Waals surface area contributed by atoms with Crippen molar-refractivity contribution in [3.8, 4) is 5.75 Å². The molecule has 24 heavy (non-hydrogen) atoms. The van der Waals surface area contributed by atoms with Gasteiger partial charge in [0.2, 0.25) is 5.96 Å². The number of rotatable bonds is 2. The molecule has 0 fully saturated rings. The van der Waals surface area contributed by atoms with Crippen LogP contribution in [0.2, 0.25) is 0 Å². The average Bonchev–Trinajstić information content (AvgIpc) is 3.05. The Labute approximate surface area is 139 Å². The van der Waals surface area contributed by atoms with Crippen molar-refractivity contribution in [2.75, 3.05) is 7.11 Å². The lowest BCUT2D eigenvalue weighted by Gasteiger charge is -2.09. The van der Waals surface area contributed by atoms with Gasteiger partial charge in [0, 0.05) is 22.4 Å². The lowest BCUT2D eigenvalue weighted by atomic mass is 10.1. The molecule has 4 nitrogen and oxygen atoms in total. The van der Waals surface area contributed by atoms with Gasteiger partial charge in [0.1, 0.15) is 5.75 Å². The summed E-state index contributed by atoms with van der Waals surface area (Å²) in [7, 11) is 1.67. The molecule has 2 N–H and O–H groups in total. The molecule has 0 spiro atoms. The molecule has 0 aliphatic heterocycles. The Bertz CT molecular complexity index is 1060. The zero-order chi connectivity index (χ0) is 16.5. The first-order chi connectivity index (χ1) is 11.8. The van der Waals surface area contributed by atoms with Gasteiger partial charge in [-0.3, -0.25) is 4.57 Å². The van der Waals surface area contributed by atoms with Gasteiger partial charge in [0.25, 0.3) is 0 Å². The van der Waals surface area contributed by atoms with E-state index in [1.165, 1.54) is 0 Å². The third-order valence-electron chi connectivity index (χ3n) is 4.16. The van der Waals surface area contributed by atoms with Crippen molar-refractivity contribution in [3.05, 3.63) is 72.9 Å². The van der Waals surface area contributed by atoms with Crippen LogP contribution in [0.5, 0.6) is 5.75 Å². The zero-order valence-corrected chi connectivity index (χ0v) is 13.3. The SMILES string of the molecule is COc1cccc2c(N=C(N)n3ccc4ccccc43)cccc12. The fraction of sp³-hybridized carbons (Fsp3) is 0.0500. The topological polar surface area (TPSA) is 52.5 Å². The number of ether oxygens (including phenoxy) is 1. The van der Waals surface area contributed by atoms with Crippen LogP contribution < -0.4 is 10.5 Å². The van der Waals surface area contributed by atoms with Gasteiger partial charge in [-0.15, -0.1) is 0 Å². The number of nitrogens with two attached hydrogens (primary N) is 1. The minimum Gasteiger partial charge on any atom is -0.496 e. The van der Waals surface area contributed by atoms with Crippen molar-refractivity contribution in [1.82, 2.24) is 4.57 Å². The van der Waals surface area contributed by atoms with Crippen LogP contribution in [-0.2, 0) is 0 Å². The summed E-state index contributed by atoms with van der Waals surface area (Å²) in [5, 5.41) is 3.16. The first-order valence-electron chi connectivity index (χ1n) is 7.74. The zero-order valence-electron chi connectivity index (χ0n) is 13.3. The maximum absolute atomic E-state index is 6.28. The van der Waals surface area contributed by atoms with Crippen molar-refractivity contribution in [2.45, 2.75) is 0 Å². The van der Waals surface area contributed by atoms with Crippen LogP contribution in [0.4, 0.5) is 5.69 Å². The summed E-state index contributed by atoms with van der Waals surface area (Å²) < 4.78 is 7.33. The van der Waals surface area contributed by atoms with Crippen LogP contribution in [0.3, 0.4) is 0 Å². The van der Waals surface area contributed by atoms with Crippen molar-refractivity contribution in [2.24, 2.45) is 10.7 Å². The smallest absolute Gasteiger partial charge is 0.205 e. The van der Waals surface area contributed by atoms with E-state index in [0.717, 1.165) is 33.1 Å². The Morgan fingerprint density at radius 2 is 1.71 bits per heavy atom. The fourth-order valence-electron chi connectivity index (χ4n) is 3.00. The minimum absolute atomic E-state index is 0.437. The Balaban J connectivity index is 1.87. The highest BCUT2D eigenvalue weighted by Crippen LogP contribution is 2.32. The van der Waals surface area contributed by atoms with E-state index >= 15 is 0 Å². The van der Waals surface area contributed by atoms with Gasteiger partial charge in [-0.2, -0.15) is 0 Å². The van der Waals surface area contributed by atoms with Crippen molar-refractivity contribution in [3.63, 3.8) is 0 Å². The predicted octanol–water partition coefficient (Wildman–Crippen LogP) is 4.30. The van der Waals surface area contributed by atoms with Crippen molar-refractivity contribution >= 4 is 33.3 Å². The van der Waals surface area contributed by atoms with E-state index in [-0.39, 0.29) is 0 Å². The molecule has 0 unspecified atom stereocenters. The molecule has 3 aromatic carbocycles. The lowest BCUT2D eigenvalue weighted by molar-refractivity contribution is 0.420. The number of hydrogen-bond acceptors (Lipinski definition) is 2. The van der Waals surface area contributed by atoms with Crippen LogP contribution in [0.25, 0.3) is 21.7 Å². The van der Waals surface area contributed by atoms with Crippen LogP contribution in [-0.4, -0.2) is 17.6 Å². The first kappa shape index (κ1) is 14.3. The van der Waals surface area contributed by atoms with E-state index in [1.54, 1.807) is 7.11 Å². The minimum atomic E-state index is 0.437. The monoisotopic (exact) mass is 315 g/mol. The number of aliphatic imine (C=N–C) groups is 1. The molecule has 0 amide bonds. The standard InChI is InChI=1S/C20H17N3O/c1-24-19-11-5-7-15-16(19)8-4-9-17(15)22-20(21)23-13-12-14-6-2-3-10-18(14)23/h2-13H,1H3,(H2,21,22). The van der Waals surface area contributed by atoms with E-state index < -0.39 is 0 Å².